The fourth-order valence-electron chi connectivity index (χ4n) is 8.80. The van der Waals surface area contributed by atoms with Crippen LogP contribution in [0.2, 0.25) is 0 Å². The number of rotatable bonds is 17. The zero-order valence-electron chi connectivity index (χ0n) is 39.2. The van der Waals surface area contributed by atoms with Crippen molar-refractivity contribution in [3.8, 4) is 11.1 Å². The molecule has 67 heavy (non-hydrogen) atoms. The topological polar surface area (TPSA) is 162 Å². The molecular formula is C53H59FN6O7. The number of halogens is 1. The summed E-state index contributed by atoms with van der Waals surface area (Å²) in [4.78, 5) is 74.4. The van der Waals surface area contributed by atoms with Crippen molar-refractivity contribution in [1.82, 2.24) is 20.5 Å². The quantitative estimate of drug-likeness (QED) is 0.0532. The highest BCUT2D eigenvalue weighted by Crippen LogP contribution is 2.45. The Morgan fingerprint density at radius 1 is 0.896 bits per heavy atom. The molecule has 2 heterocycles. The Morgan fingerprint density at radius 3 is 2.19 bits per heavy atom. The Labute approximate surface area is 391 Å². The first-order valence-electron chi connectivity index (χ1n) is 22.8. The number of hydrogen-bond donors (Lipinski definition) is 4. The fraction of sp³-hybridized carbons (Fsp3) is 0.340. The van der Waals surface area contributed by atoms with Crippen LogP contribution in [0, 0.1) is 19.7 Å². The van der Waals surface area contributed by atoms with Gasteiger partial charge in [0.2, 0.25) is 5.91 Å². The molecule has 7 rings (SSSR count). The molecule has 1 aromatic heterocycles. The molecule has 0 spiro atoms. The summed E-state index contributed by atoms with van der Waals surface area (Å²) in [6.45, 7) is 16.2. The molecule has 0 bridgehead atoms. The highest BCUT2D eigenvalue weighted by atomic mass is 19.1. The molecule has 13 nitrogen and oxygen atoms in total. The maximum absolute atomic E-state index is 14.8. The second-order valence-corrected chi connectivity index (χ2v) is 17.9. The molecule has 350 valence electrons. The van der Waals surface area contributed by atoms with Gasteiger partial charge in [0.25, 0.3) is 11.8 Å². The molecule has 4 N–H and O–H groups in total. The van der Waals surface area contributed by atoms with Gasteiger partial charge in [0.05, 0.1) is 23.4 Å². The summed E-state index contributed by atoms with van der Waals surface area (Å²) in [6, 6.07) is 25.9. The van der Waals surface area contributed by atoms with Crippen molar-refractivity contribution < 1.29 is 37.8 Å². The van der Waals surface area contributed by atoms with Crippen LogP contribution in [0.5, 0.6) is 0 Å². The molecule has 0 fully saturated rings. The molecule has 0 radical (unpaired) electrons. The Kier molecular flexibility index (Phi) is 14.7. The van der Waals surface area contributed by atoms with Gasteiger partial charge in [0.1, 0.15) is 24.1 Å². The number of likely N-dealkylation sites (N-methyl/N-ethyl adjacent to an activating group) is 1. The molecule has 1 aliphatic heterocycles. The number of carbonyl (C=O) groups is 5. The average Bonchev–Trinajstić information content (AvgIpc) is 3.86. The van der Waals surface area contributed by atoms with Crippen LogP contribution in [0.1, 0.15) is 103 Å². The number of fused-ring (bicyclic) bond motifs is 4. The number of aryl methyl sites for hydroxylation is 1. The second kappa shape index (κ2) is 20.6. The van der Waals surface area contributed by atoms with Crippen LogP contribution in [0.15, 0.2) is 91.0 Å². The van der Waals surface area contributed by atoms with E-state index in [1.807, 2.05) is 62.4 Å². The third-order valence-electron chi connectivity index (χ3n) is 12.2. The van der Waals surface area contributed by atoms with Crippen molar-refractivity contribution in [3.05, 3.63) is 142 Å². The molecule has 0 saturated carbocycles. The minimum atomic E-state index is -1.15. The first kappa shape index (κ1) is 47.9. The van der Waals surface area contributed by atoms with Gasteiger partial charge in [-0.3, -0.25) is 19.2 Å². The summed E-state index contributed by atoms with van der Waals surface area (Å²) in [5.41, 5.74) is 8.27. The number of alkyl carbamates (subject to hydrolysis) is 1. The molecule has 0 unspecified atom stereocenters. The number of nitrogens with one attached hydrogen (secondary N) is 4. The molecule has 1 atom stereocenters. The number of carbonyl (C=O) groups excluding carboxylic acids is 5. The van der Waals surface area contributed by atoms with Crippen LogP contribution in [-0.2, 0) is 30.4 Å². The standard InChI is InChI=1S/C53H59FN6O7/c1-8-59(9-2)27-26-55-50(63)48-32(3)45(56-33(48)4)29-42-41-28-35(54)20-24-46(41)60(51(42)64)30-34-18-21-36(22-19-34)57-49(62)44(23-25-47(61)67-53(5,6)7)58-52(65)66-31-43-39-16-12-10-14-37(39)38-15-11-13-17-40(38)43/h10-22,24,28-29,43-44,56H,8-9,23,25-27,30-31H2,1-7H3,(H,55,63)(H,57,62)(H,58,65)/b42-29-/t44-/m0/s1. The van der Waals surface area contributed by atoms with E-state index in [2.05, 4.69) is 39.7 Å². The monoisotopic (exact) mass is 910 g/mol. The summed E-state index contributed by atoms with van der Waals surface area (Å²) in [5.74, 6) is -2.33. The normalized spacial score (nSPS) is 14.1. The molecule has 4 amide bonds. The number of nitrogens with zero attached hydrogens (tertiary/aromatic N) is 2. The van der Waals surface area contributed by atoms with Gasteiger partial charge in [-0.1, -0.05) is 74.5 Å². The highest BCUT2D eigenvalue weighted by molar-refractivity contribution is 6.35. The lowest BCUT2D eigenvalue weighted by atomic mass is 9.98. The third kappa shape index (κ3) is 11.1. The molecule has 2 aliphatic rings. The van der Waals surface area contributed by atoms with E-state index in [9.17, 15) is 28.4 Å². The number of anilines is 2. The van der Waals surface area contributed by atoms with E-state index >= 15 is 0 Å². The first-order valence-corrected chi connectivity index (χ1v) is 22.8. The molecule has 5 aromatic rings. The van der Waals surface area contributed by atoms with Crippen LogP contribution >= 0.6 is 0 Å². The van der Waals surface area contributed by atoms with E-state index in [0.29, 0.717) is 46.0 Å². The van der Waals surface area contributed by atoms with Gasteiger partial charge in [0, 0.05) is 48.1 Å². The first-order chi connectivity index (χ1) is 32.0. The number of ether oxygens (including phenoxy) is 2. The predicted molar refractivity (Wildman–Crippen MR) is 258 cm³/mol. The summed E-state index contributed by atoms with van der Waals surface area (Å²) in [7, 11) is 0. The molecule has 1 aliphatic carbocycles. The molecular weight excluding hydrogens is 852 g/mol. The van der Waals surface area contributed by atoms with Gasteiger partial charge >= 0.3 is 12.1 Å². The van der Waals surface area contributed by atoms with Crippen molar-refractivity contribution in [2.45, 2.75) is 85.4 Å². The van der Waals surface area contributed by atoms with Crippen molar-refractivity contribution in [2.75, 3.05) is 43.0 Å². The summed E-state index contributed by atoms with van der Waals surface area (Å²) < 4.78 is 26.0. The van der Waals surface area contributed by atoms with Gasteiger partial charge in [-0.05, 0) is 124 Å². The van der Waals surface area contributed by atoms with Crippen LogP contribution in [0.4, 0.5) is 20.6 Å². The van der Waals surface area contributed by atoms with Gasteiger partial charge in [0.15, 0.2) is 0 Å². The number of amides is 4. The fourth-order valence-corrected chi connectivity index (χ4v) is 8.80. The Hall–Kier alpha value is -7.06. The Morgan fingerprint density at radius 2 is 1.55 bits per heavy atom. The Balaban J connectivity index is 1.03. The van der Waals surface area contributed by atoms with Crippen molar-refractivity contribution in [3.63, 3.8) is 0 Å². The van der Waals surface area contributed by atoms with Crippen LogP contribution in [0.25, 0.3) is 22.8 Å². The number of hydrogen-bond acceptors (Lipinski definition) is 8. The smallest absolute Gasteiger partial charge is 0.407 e. The number of aromatic nitrogens is 1. The zero-order valence-corrected chi connectivity index (χ0v) is 39.2. The van der Waals surface area contributed by atoms with Gasteiger partial charge < -0.3 is 40.2 Å². The van der Waals surface area contributed by atoms with Crippen LogP contribution in [0.3, 0.4) is 0 Å². The summed E-state index contributed by atoms with van der Waals surface area (Å²) in [5, 5.41) is 8.52. The maximum Gasteiger partial charge on any atom is 0.407 e. The maximum atomic E-state index is 14.8. The number of benzene rings is 4. The largest absolute Gasteiger partial charge is 0.460 e. The van der Waals surface area contributed by atoms with Crippen molar-refractivity contribution in [2.24, 2.45) is 0 Å². The minimum Gasteiger partial charge on any atom is -0.460 e. The van der Waals surface area contributed by atoms with E-state index in [4.69, 9.17) is 9.47 Å². The van der Waals surface area contributed by atoms with Crippen molar-refractivity contribution >= 4 is 52.8 Å². The van der Waals surface area contributed by atoms with Gasteiger partial charge in [-0.25, -0.2) is 9.18 Å². The Bertz CT molecular complexity index is 2650. The lowest BCUT2D eigenvalue weighted by Crippen LogP contribution is -2.44. The predicted octanol–water partition coefficient (Wildman–Crippen LogP) is 8.90. The molecule has 4 aromatic carbocycles. The summed E-state index contributed by atoms with van der Waals surface area (Å²) >= 11 is 0. The third-order valence-corrected chi connectivity index (χ3v) is 12.2. The zero-order chi connectivity index (χ0) is 48.0. The lowest BCUT2D eigenvalue weighted by molar-refractivity contribution is -0.155. The van der Waals surface area contributed by atoms with E-state index in [0.717, 1.165) is 47.5 Å². The van der Waals surface area contributed by atoms with Crippen LogP contribution in [-0.4, -0.2) is 84.1 Å². The van der Waals surface area contributed by atoms with Gasteiger partial charge in [-0.2, -0.15) is 0 Å². The van der Waals surface area contributed by atoms with E-state index in [-0.39, 0.29) is 49.3 Å². The highest BCUT2D eigenvalue weighted by Gasteiger charge is 2.34. The second-order valence-electron chi connectivity index (χ2n) is 17.9. The van der Waals surface area contributed by atoms with E-state index < -0.39 is 35.4 Å². The summed E-state index contributed by atoms with van der Waals surface area (Å²) in [6.07, 6.45) is 0.673. The number of H-pyrrole nitrogens is 1. The molecule has 0 saturated heterocycles. The SMILES string of the molecule is CCN(CC)CCNC(=O)c1c(C)[nH]c(/C=C2\C(=O)N(Cc3ccc(NC(=O)[C@H](CCC(=O)OC(C)(C)C)NC(=O)OCC4c5ccccc5-c5ccccc54)cc3)c3ccc(F)cc32)c1C. The average molecular weight is 911 g/mol. The lowest BCUT2D eigenvalue weighted by Gasteiger charge is -2.22. The van der Waals surface area contributed by atoms with Crippen molar-refractivity contribution in [1.29, 1.82) is 0 Å². The van der Waals surface area contributed by atoms with Crippen LogP contribution < -0.4 is 20.9 Å². The number of aromatic amines is 1. The van der Waals surface area contributed by atoms with Gasteiger partial charge in [-0.15, -0.1) is 0 Å². The van der Waals surface area contributed by atoms with E-state index in [1.54, 1.807) is 62.1 Å². The van der Waals surface area contributed by atoms with E-state index in [1.165, 1.54) is 12.1 Å². The number of esters is 1. The molecule has 14 heteroatoms. The minimum absolute atomic E-state index is 0.0422.